The first-order valence-corrected chi connectivity index (χ1v) is 8.64. The Bertz CT molecular complexity index is 984. The molecule has 3 aromatic rings. The lowest BCUT2D eigenvalue weighted by molar-refractivity contribution is -0.144. The number of rotatable bonds is 8. The van der Waals surface area contributed by atoms with Gasteiger partial charge in [-0.05, 0) is 36.4 Å². The molecule has 2 aromatic carbocycles. The molecule has 1 heterocycles. The minimum Gasteiger partial charge on any atom is -0.497 e. The Labute approximate surface area is 166 Å². The van der Waals surface area contributed by atoms with E-state index in [1.165, 1.54) is 7.11 Å². The fourth-order valence-corrected chi connectivity index (χ4v) is 2.38. The molecule has 9 nitrogen and oxygen atoms in total. The first kappa shape index (κ1) is 19.9. The van der Waals surface area contributed by atoms with Crippen LogP contribution >= 0.6 is 0 Å². The molecule has 0 aliphatic rings. The van der Waals surface area contributed by atoms with Gasteiger partial charge in [-0.3, -0.25) is 9.59 Å². The smallest absolute Gasteiger partial charge is 0.325 e. The zero-order chi connectivity index (χ0) is 20.6. The van der Waals surface area contributed by atoms with Crippen LogP contribution in [0.3, 0.4) is 0 Å². The van der Waals surface area contributed by atoms with Crippen LogP contribution in [-0.4, -0.2) is 42.8 Å². The van der Waals surface area contributed by atoms with Crippen molar-refractivity contribution in [1.82, 2.24) is 15.5 Å². The third-order valence-electron chi connectivity index (χ3n) is 3.90. The van der Waals surface area contributed by atoms with Crippen molar-refractivity contribution < 1.29 is 28.3 Å². The Morgan fingerprint density at radius 2 is 1.79 bits per heavy atom. The lowest BCUT2D eigenvalue weighted by atomic mass is 10.2. The molecular formula is C20H19N3O6. The Morgan fingerprint density at radius 1 is 1.03 bits per heavy atom. The molecular weight excluding hydrogens is 378 g/mol. The van der Waals surface area contributed by atoms with Crippen LogP contribution in [0.1, 0.15) is 16.2 Å². The lowest BCUT2D eigenvalue weighted by Crippen LogP contribution is -2.30. The summed E-state index contributed by atoms with van der Waals surface area (Å²) in [5.41, 5.74) is 1.11. The predicted octanol–water partition coefficient (Wildman–Crippen LogP) is 2.23. The standard InChI is InChI=1S/C20H19N3O6/c1-26-15-8-6-13(7-9-15)20(25)21-11-18(24)28-12-17-22-19(23-29-17)14-4-3-5-16(10-14)27-2/h3-10H,11-12H2,1-2H3,(H,21,25). The quantitative estimate of drug-likeness (QED) is 0.576. The number of amides is 1. The molecule has 0 fully saturated rings. The summed E-state index contributed by atoms with van der Waals surface area (Å²) in [5.74, 6) is 0.748. The molecule has 0 saturated carbocycles. The maximum Gasteiger partial charge on any atom is 0.325 e. The van der Waals surface area contributed by atoms with E-state index in [4.69, 9.17) is 18.7 Å². The van der Waals surface area contributed by atoms with E-state index in [0.29, 0.717) is 28.5 Å². The van der Waals surface area contributed by atoms with Gasteiger partial charge in [0.05, 0.1) is 14.2 Å². The molecule has 0 aliphatic heterocycles. The maximum absolute atomic E-state index is 12.0. The summed E-state index contributed by atoms with van der Waals surface area (Å²) in [6, 6.07) is 13.7. The average Bonchev–Trinajstić information content (AvgIpc) is 3.25. The number of carbonyl (C=O) groups excluding carboxylic acids is 2. The second-order valence-electron chi connectivity index (χ2n) is 5.82. The number of nitrogens with one attached hydrogen (secondary N) is 1. The monoisotopic (exact) mass is 397 g/mol. The van der Waals surface area contributed by atoms with E-state index < -0.39 is 11.9 Å². The van der Waals surface area contributed by atoms with Crippen molar-refractivity contribution in [2.45, 2.75) is 6.61 Å². The van der Waals surface area contributed by atoms with Gasteiger partial charge in [0.25, 0.3) is 11.8 Å². The fraction of sp³-hybridized carbons (Fsp3) is 0.200. The van der Waals surface area contributed by atoms with Gasteiger partial charge in [0.2, 0.25) is 5.82 Å². The number of benzene rings is 2. The number of hydrogen-bond acceptors (Lipinski definition) is 8. The van der Waals surface area contributed by atoms with E-state index in [-0.39, 0.29) is 19.0 Å². The Hall–Kier alpha value is -3.88. The van der Waals surface area contributed by atoms with E-state index in [1.807, 2.05) is 0 Å². The molecule has 150 valence electrons. The van der Waals surface area contributed by atoms with Crippen molar-refractivity contribution in [1.29, 1.82) is 0 Å². The molecule has 0 bridgehead atoms. The van der Waals surface area contributed by atoms with Gasteiger partial charge in [-0.2, -0.15) is 4.98 Å². The van der Waals surface area contributed by atoms with E-state index in [0.717, 1.165) is 0 Å². The maximum atomic E-state index is 12.0. The van der Waals surface area contributed by atoms with Gasteiger partial charge in [-0.15, -0.1) is 0 Å². The Balaban J connectivity index is 1.48. The van der Waals surface area contributed by atoms with E-state index in [9.17, 15) is 9.59 Å². The third kappa shape index (κ3) is 5.32. The molecule has 9 heteroatoms. The topological polar surface area (TPSA) is 113 Å². The number of methoxy groups -OCH3 is 2. The first-order valence-electron chi connectivity index (χ1n) is 8.64. The molecule has 1 aromatic heterocycles. The van der Waals surface area contributed by atoms with Crippen molar-refractivity contribution >= 4 is 11.9 Å². The molecule has 1 N–H and O–H groups in total. The molecule has 0 unspecified atom stereocenters. The van der Waals surface area contributed by atoms with E-state index in [1.54, 1.807) is 55.6 Å². The van der Waals surface area contributed by atoms with Crippen molar-refractivity contribution in [3.05, 3.63) is 60.0 Å². The summed E-state index contributed by atoms with van der Waals surface area (Å²) < 4.78 is 20.3. The molecule has 0 spiro atoms. The summed E-state index contributed by atoms with van der Waals surface area (Å²) in [4.78, 5) is 28.1. The van der Waals surface area contributed by atoms with Crippen molar-refractivity contribution in [2.75, 3.05) is 20.8 Å². The van der Waals surface area contributed by atoms with Gasteiger partial charge in [0, 0.05) is 11.1 Å². The highest BCUT2D eigenvalue weighted by molar-refractivity contribution is 5.96. The van der Waals surface area contributed by atoms with Crippen molar-refractivity contribution in [3.63, 3.8) is 0 Å². The van der Waals surface area contributed by atoms with Crippen LogP contribution in [0, 0.1) is 0 Å². The van der Waals surface area contributed by atoms with Gasteiger partial charge in [-0.1, -0.05) is 17.3 Å². The van der Waals surface area contributed by atoms with Crippen LogP contribution < -0.4 is 14.8 Å². The molecule has 29 heavy (non-hydrogen) atoms. The van der Waals surface area contributed by atoms with Gasteiger partial charge in [-0.25, -0.2) is 0 Å². The minimum absolute atomic E-state index is 0.137. The third-order valence-corrected chi connectivity index (χ3v) is 3.90. The first-order chi connectivity index (χ1) is 14.1. The largest absolute Gasteiger partial charge is 0.497 e. The molecule has 0 saturated heterocycles. The second kappa shape index (κ2) is 9.36. The highest BCUT2D eigenvalue weighted by Gasteiger charge is 2.13. The molecule has 1 amide bonds. The fourth-order valence-electron chi connectivity index (χ4n) is 2.38. The van der Waals surface area contributed by atoms with E-state index in [2.05, 4.69) is 15.5 Å². The number of hydrogen-bond donors (Lipinski definition) is 1. The highest BCUT2D eigenvalue weighted by Crippen LogP contribution is 2.21. The Morgan fingerprint density at radius 3 is 2.52 bits per heavy atom. The number of ether oxygens (including phenoxy) is 3. The lowest BCUT2D eigenvalue weighted by Gasteiger charge is -2.06. The normalized spacial score (nSPS) is 10.3. The van der Waals surface area contributed by atoms with Crippen LogP contribution in [0.2, 0.25) is 0 Å². The predicted molar refractivity (Wildman–Crippen MR) is 101 cm³/mol. The summed E-state index contributed by atoms with van der Waals surface area (Å²) in [6.45, 7) is -0.490. The summed E-state index contributed by atoms with van der Waals surface area (Å²) in [6.07, 6.45) is 0. The molecule has 3 rings (SSSR count). The number of aromatic nitrogens is 2. The average molecular weight is 397 g/mol. The molecule has 0 radical (unpaired) electrons. The molecule has 0 aliphatic carbocycles. The van der Waals surface area contributed by atoms with Crippen molar-refractivity contribution in [2.24, 2.45) is 0 Å². The van der Waals surface area contributed by atoms with Crippen LogP contribution in [0.15, 0.2) is 53.1 Å². The number of nitrogens with zero attached hydrogens (tertiary/aromatic N) is 2. The van der Waals surface area contributed by atoms with Crippen LogP contribution in [0.4, 0.5) is 0 Å². The van der Waals surface area contributed by atoms with E-state index >= 15 is 0 Å². The summed E-state index contributed by atoms with van der Waals surface area (Å²) in [7, 11) is 3.10. The number of carbonyl (C=O) groups is 2. The van der Waals surface area contributed by atoms with Crippen LogP contribution in [0.25, 0.3) is 11.4 Å². The molecule has 0 atom stereocenters. The van der Waals surface area contributed by atoms with Crippen molar-refractivity contribution in [3.8, 4) is 22.9 Å². The zero-order valence-electron chi connectivity index (χ0n) is 15.9. The van der Waals surface area contributed by atoms with Gasteiger partial charge in [0.1, 0.15) is 18.0 Å². The Kier molecular flexibility index (Phi) is 6.41. The van der Waals surface area contributed by atoms with Gasteiger partial charge >= 0.3 is 5.97 Å². The van der Waals surface area contributed by atoms with Crippen LogP contribution in [-0.2, 0) is 16.1 Å². The minimum atomic E-state index is -0.631. The second-order valence-corrected chi connectivity index (χ2v) is 5.82. The number of esters is 1. The summed E-state index contributed by atoms with van der Waals surface area (Å²) in [5, 5.41) is 6.34. The zero-order valence-corrected chi connectivity index (χ0v) is 15.9. The highest BCUT2D eigenvalue weighted by atomic mass is 16.6. The van der Waals surface area contributed by atoms with Gasteiger partial charge in [0.15, 0.2) is 6.61 Å². The summed E-state index contributed by atoms with van der Waals surface area (Å²) >= 11 is 0. The van der Waals surface area contributed by atoms with Gasteiger partial charge < -0.3 is 24.1 Å². The van der Waals surface area contributed by atoms with Crippen LogP contribution in [0.5, 0.6) is 11.5 Å². The SMILES string of the molecule is COc1ccc(C(=O)NCC(=O)OCc2nc(-c3cccc(OC)c3)no2)cc1.